The Labute approximate surface area is 171 Å². The quantitative estimate of drug-likeness (QED) is 0.675. The molecule has 1 saturated heterocycles. The standard InChI is InChI=1S/C24H28N4O/c1-26(22-14-15-27(17-22)20-7-3-4-8-20)24(29)18-10-12-21(13-11-18)28-16-19-6-2-5-9-23(19)25-28/h2,5-6,9-13,16,20,22H,3-4,7-8,14-15,17H2,1H3/t22-/m1/s1. The predicted molar refractivity (Wildman–Crippen MR) is 115 cm³/mol. The van der Waals surface area contributed by atoms with Crippen LogP contribution in [0.4, 0.5) is 0 Å². The first kappa shape index (κ1) is 18.4. The molecule has 2 aliphatic rings. The highest BCUT2D eigenvalue weighted by Crippen LogP contribution is 2.28. The van der Waals surface area contributed by atoms with Crippen LogP contribution in [-0.4, -0.2) is 57.7 Å². The van der Waals surface area contributed by atoms with Crippen molar-refractivity contribution in [2.75, 3.05) is 20.1 Å². The molecule has 0 bridgehead atoms. The predicted octanol–water partition coefficient (Wildman–Crippen LogP) is 4.11. The Bertz CT molecular complexity index is 970. The number of amides is 1. The molecule has 5 rings (SSSR count). The second-order valence-electron chi connectivity index (χ2n) is 8.47. The van der Waals surface area contributed by atoms with Gasteiger partial charge in [-0.1, -0.05) is 31.0 Å². The Morgan fingerprint density at radius 1 is 1.03 bits per heavy atom. The van der Waals surface area contributed by atoms with Gasteiger partial charge in [-0.15, -0.1) is 0 Å². The SMILES string of the molecule is CN(C(=O)c1ccc(-n2cc3ccccc3n2)cc1)[C@@H]1CCN(C2CCCC2)C1. The van der Waals surface area contributed by atoms with Crippen LogP contribution in [0.3, 0.4) is 0 Å². The lowest BCUT2D eigenvalue weighted by molar-refractivity contribution is 0.0730. The largest absolute Gasteiger partial charge is 0.337 e. The van der Waals surface area contributed by atoms with Crippen molar-refractivity contribution < 1.29 is 4.79 Å². The molecule has 5 nitrogen and oxygen atoms in total. The fourth-order valence-electron chi connectivity index (χ4n) is 4.91. The number of carbonyl (C=O) groups is 1. The fraction of sp³-hybridized carbons (Fsp3) is 0.417. The van der Waals surface area contributed by atoms with Crippen molar-refractivity contribution in [3.63, 3.8) is 0 Å². The van der Waals surface area contributed by atoms with E-state index in [-0.39, 0.29) is 5.91 Å². The number of fused-ring (bicyclic) bond motifs is 1. The molecule has 1 aliphatic heterocycles. The average Bonchev–Trinajstić information content (AvgIpc) is 3.52. The molecule has 29 heavy (non-hydrogen) atoms. The normalized spacial score (nSPS) is 20.5. The van der Waals surface area contributed by atoms with Gasteiger partial charge in [0.2, 0.25) is 0 Å². The van der Waals surface area contributed by atoms with E-state index in [0.29, 0.717) is 6.04 Å². The minimum absolute atomic E-state index is 0.112. The summed E-state index contributed by atoms with van der Waals surface area (Å²) in [5, 5.41) is 5.73. The highest BCUT2D eigenvalue weighted by Gasteiger charge is 2.33. The molecule has 5 heteroatoms. The topological polar surface area (TPSA) is 41.4 Å². The summed E-state index contributed by atoms with van der Waals surface area (Å²) >= 11 is 0. The number of benzene rings is 2. The molecule has 1 saturated carbocycles. The van der Waals surface area contributed by atoms with Gasteiger partial charge in [0.1, 0.15) is 0 Å². The van der Waals surface area contributed by atoms with Gasteiger partial charge >= 0.3 is 0 Å². The van der Waals surface area contributed by atoms with Crippen molar-refractivity contribution in [1.82, 2.24) is 19.6 Å². The summed E-state index contributed by atoms with van der Waals surface area (Å²) in [5.74, 6) is 0.112. The number of likely N-dealkylation sites (tertiary alicyclic amines) is 1. The van der Waals surface area contributed by atoms with E-state index in [0.717, 1.165) is 47.7 Å². The molecule has 0 radical (unpaired) electrons. The summed E-state index contributed by atoms with van der Waals surface area (Å²) in [5.41, 5.74) is 2.68. The fourth-order valence-corrected chi connectivity index (χ4v) is 4.91. The van der Waals surface area contributed by atoms with E-state index in [4.69, 9.17) is 0 Å². The molecule has 0 N–H and O–H groups in total. The number of carbonyl (C=O) groups excluding carboxylic acids is 1. The molecule has 0 spiro atoms. The van der Waals surface area contributed by atoms with E-state index in [2.05, 4.69) is 16.1 Å². The lowest BCUT2D eigenvalue weighted by atomic mass is 10.1. The van der Waals surface area contributed by atoms with Crippen LogP contribution in [0.1, 0.15) is 42.5 Å². The number of aromatic nitrogens is 2. The molecule has 150 valence electrons. The van der Waals surface area contributed by atoms with Gasteiger partial charge < -0.3 is 4.90 Å². The third-order valence-electron chi connectivity index (χ3n) is 6.70. The molecule has 2 fully saturated rings. The number of rotatable bonds is 4. The van der Waals surface area contributed by atoms with Gasteiger partial charge in [0.05, 0.1) is 11.2 Å². The summed E-state index contributed by atoms with van der Waals surface area (Å²) in [6.07, 6.45) is 8.48. The lowest BCUT2D eigenvalue weighted by Gasteiger charge is -2.27. The van der Waals surface area contributed by atoms with E-state index in [1.807, 2.05) is 65.3 Å². The van der Waals surface area contributed by atoms with Crippen LogP contribution < -0.4 is 0 Å². The number of hydrogen-bond donors (Lipinski definition) is 0. The van der Waals surface area contributed by atoms with Gasteiger partial charge in [-0.2, -0.15) is 5.10 Å². The highest BCUT2D eigenvalue weighted by atomic mass is 16.2. The molecular formula is C24H28N4O. The summed E-state index contributed by atoms with van der Waals surface area (Å²) in [6.45, 7) is 2.14. The monoisotopic (exact) mass is 388 g/mol. The first-order valence-electron chi connectivity index (χ1n) is 10.7. The number of nitrogens with zero attached hydrogens (tertiary/aromatic N) is 4. The van der Waals surface area contributed by atoms with Gasteiger partial charge in [-0.05, 0) is 49.6 Å². The van der Waals surface area contributed by atoms with Crippen molar-refractivity contribution in [1.29, 1.82) is 0 Å². The van der Waals surface area contributed by atoms with Crippen LogP contribution in [0.5, 0.6) is 0 Å². The van der Waals surface area contributed by atoms with Crippen LogP contribution in [0.25, 0.3) is 16.6 Å². The van der Waals surface area contributed by atoms with Crippen molar-refractivity contribution in [2.24, 2.45) is 0 Å². The van der Waals surface area contributed by atoms with Gasteiger partial charge in [0.15, 0.2) is 0 Å². The van der Waals surface area contributed by atoms with Crippen LogP contribution >= 0.6 is 0 Å². The van der Waals surface area contributed by atoms with Crippen molar-refractivity contribution in [3.05, 3.63) is 60.3 Å². The minimum Gasteiger partial charge on any atom is -0.337 e. The molecular weight excluding hydrogens is 360 g/mol. The Morgan fingerprint density at radius 3 is 2.55 bits per heavy atom. The zero-order valence-corrected chi connectivity index (χ0v) is 17.0. The molecule has 2 heterocycles. The molecule has 1 aliphatic carbocycles. The number of likely N-dealkylation sites (N-methyl/N-ethyl adjacent to an activating group) is 1. The third kappa shape index (κ3) is 3.55. The zero-order valence-electron chi connectivity index (χ0n) is 17.0. The smallest absolute Gasteiger partial charge is 0.253 e. The molecule has 1 aromatic heterocycles. The maximum Gasteiger partial charge on any atom is 0.253 e. The van der Waals surface area contributed by atoms with Crippen LogP contribution in [0.2, 0.25) is 0 Å². The Kier molecular flexibility index (Phi) is 4.84. The van der Waals surface area contributed by atoms with E-state index in [1.54, 1.807) is 0 Å². The average molecular weight is 389 g/mol. The Balaban J connectivity index is 1.27. The van der Waals surface area contributed by atoms with Gasteiger partial charge in [0.25, 0.3) is 5.91 Å². The highest BCUT2D eigenvalue weighted by molar-refractivity contribution is 5.94. The van der Waals surface area contributed by atoms with E-state index in [9.17, 15) is 4.79 Å². The zero-order chi connectivity index (χ0) is 19.8. The minimum atomic E-state index is 0.112. The van der Waals surface area contributed by atoms with Gasteiger partial charge in [0, 0.05) is 49.4 Å². The van der Waals surface area contributed by atoms with Crippen LogP contribution in [-0.2, 0) is 0 Å². The summed E-state index contributed by atoms with van der Waals surface area (Å²) in [6, 6.07) is 16.9. The van der Waals surface area contributed by atoms with Crippen molar-refractivity contribution in [3.8, 4) is 5.69 Å². The van der Waals surface area contributed by atoms with Crippen molar-refractivity contribution >= 4 is 16.8 Å². The summed E-state index contributed by atoms with van der Waals surface area (Å²) in [4.78, 5) is 17.6. The van der Waals surface area contributed by atoms with Gasteiger partial charge in [-0.3, -0.25) is 9.69 Å². The van der Waals surface area contributed by atoms with Crippen LogP contribution in [0, 0.1) is 0 Å². The molecule has 1 atom stereocenters. The third-order valence-corrected chi connectivity index (χ3v) is 6.70. The summed E-state index contributed by atoms with van der Waals surface area (Å²) in [7, 11) is 1.96. The van der Waals surface area contributed by atoms with Crippen molar-refractivity contribution in [2.45, 2.75) is 44.2 Å². The summed E-state index contributed by atoms with van der Waals surface area (Å²) < 4.78 is 1.87. The lowest BCUT2D eigenvalue weighted by Crippen LogP contribution is -2.40. The van der Waals surface area contributed by atoms with E-state index < -0.39 is 0 Å². The van der Waals surface area contributed by atoms with E-state index in [1.165, 1.54) is 25.7 Å². The molecule has 3 aromatic rings. The first-order chi connectivity index (χ1) is 14.2. The second kappa shape index (κ2) is 7.64. The number of hydrogen-bond acceptors (Lipinski definition) is 3. The second-order valence-corrected chi connectivity index (χ2v) is 8.47. The Morgan fingerprint density at radius 2 is 1.79 bits per heavy atom. The van der Waals surface area contributed by atoms with Gasteiger partial charge in [-0.25, -0.2) is 4.68 Å². The Hall–Kier alpha value is -2.66. The molecule has 0 unspecified atom stereocenters. The molecule has 2 aromatic carbocycles. The van der Waals surface area contributed by atoms with Crippen LogP contribution in [0.15, 0.2) is 54.7 Å². The first-order valence-corrected chi connectivity index (χ1v) is 10.7. The van der Waals surface area contributed by atoms with E-state index >= 15 is 0 Å². The molecule has 1 amide bonds. The maximum absolute atomic E-state index is 13.0. The maximum atomic E-state index is 13.0.